The van der Waals surface area contributed by atoms with Gasteiger partial charge in [0.15, 0.2) is 6.29 Å². The Bertz CT molecular complexity index is 606. The molecule has 1 saturated heterocycles. The van der Waals surface area contributed by atoms with Crippen molar-refractivity contribution in [1.82, 2.24) is 9.78 Å². The van der Waals surface area contributed by atoms with Crippen LogP contribution in [0.2, 0.25) is 0 Å². The molecule has 21 heavy (non-hydrogen) atoms. The lowest BCUT2D eigenvalue weighted by molar-refractivity contribution is -0.168. The minimum atomic E-state index is -0.0747. The van der Waals surface area contributed by atoms with Gasteiger partial charge in [0.1, 0.15) is 0 Å². The highest BCUT2D eigenvalue weighted by molar-refractivity contribution is 9.10. The van der Waals surface area contributed by atoms with Gasteiger partial charge in [-0.15, -0.1) is 0 Å². The molecule has 1 aromatic heterocycles. The number of hydrogen-bond acceptors (Lipinski definition) is 3. The van der Waals surface area contributed by atoms with Crippen LogP contribution < -0.4 is 0 Å². The molecule has 2 heterocycles. The molecule has 1 fully saturated rings. The van der Waals surface area contributed by atoms with Crippen LogP contribution in [-0.4, -0.2) is 22.7 Å². The normalized spacial score (nSPS) is 18.9. The van der Waals surface area contributed by atoms with E-state index in [1.54, 1.807) is 0 Å². The first-order chi connectivity index (χ1) is 10.2. The van der Waals surface area contributed by atoms with Crippen molar-refractivity contribution in [2.75, 3.05) is 6.61 Å². The van der Waals surface area contributed by atoms with E-state index in [-0.39, 0.29) is 6.29 Å². The van der Waals surface area contributed by atoms with E-state index in [0.717, 1.165) is 40.7 Å². The minimum absolute atomic E-state index is 0.0747. The zero-order valence-electron chi connectivity index (χ0n) is 12.1. The van der Waals surface area contributed by atoms with Gasteiger partial charge >= 0.3 is 0 Å². The van der Waals surface area contributed by atoms with Crippen LogP contribution in [0, 0.1) is 0 Å². The van der Waals surface area contributed by atoms with Crippen molar-refractivity contribution in [3.63, 3.8) is 0 Å². The number of hydrogen-bond donors (Lipinski definition) is 0. The van der Waals surface area contributed by atoms with Crippen molar-refractivity contribution in [2.24, 2.45) is 7.05 Å². The van der Waals surface area contributed by atoms with Gasteiger partial charge in [-0.05, 0) is 31.4 Å². The lowest BCUT2D eigenvalue weighted by Crippen LogP contribution is -2.22. The molecule has 0 N–H and O–H groups in total. The zero-order chi connectivity index (χ0) is 14.7. The van der Waals surface area contributed by atoms with E-state index in [1.807, 2.05) is 30.1 Å². The first-order valence-electron chi connectivity index (χ1n) is 7.24. The minimum Gasteiger partial charge on any atom is -0.353 e. The third-order valence-corrected chi connectivity index (χ3v) is 4.17. The predicted molar refractivity (Wildman–Crippen MR) is 84.7 cm³/mol. The fourth-order valence-corrected chi connectivity index (χ4v) is 3.02. The first-order valence-corrected chi connectivity index (χ1v) is 8.03. The van der Waals surface area contributed by atoms with Crippen LogP contribution in [0.4, 0.5) is 0 Å². The summed E-state index contributed by atoms with van der Waals surface area (Å²) in [5.74, 6) is 0. The summed E-state index contributed by atoms with van der Waals surface area (Å²) in [5.41, 5.74) is 3.31. The molecule has 112 valence electrons. The van der Waals surface area contributed by atoms with Gasteiger partial charge in [0.2, 0.25) is 0 Å². The number of benzene rings is 1. The van der Waals surface area contributed by atoms with Gasteiger partial charge in [0.05, 0.1) is 18.5 Å². The van der Waals surface area contributed by atoms with E-state index in [4.69, 9.17) is 9.47 Å². The van der Waals surface area contributed by atoms with Gasteiger partial charge in [-0.1, -0.05) is 28.1 Å². The Morgan fingerprint density at radius 2 is 2.33 bits per heavy atom. The Morgan fingerprint density at radius 1 is 1.43 bits per heavy atom. The third-order valence-electron chi connectivity index (χ3n) is 3.68. The quantitative estimate of drug-likeness (QED) is 0.839. The van der Waals surface area contributed by atoms with Gasteiger partial charge in [-0.25, -0.2) is 0 Å². The van der Waals surface area contributed by atoms with Crippen molar-refractivity contribution in [3.05, 3.63) is 40.5 Å². The predicted octanol–water partition coefficient (Wildman–Crippen LogP) is 3.89. The number of halogens is 1. The van der Waals surface area contributed by atoms with Crippen LogP contribution in [0.15, 0.2) is 34.9 Å². The average molecular weight is 351 g/mol. The maximum Gasteiger partial charge on any atom is 0.158 e. The number of ether oxygens (including phenoxy) is 2. The van der Waals surface area contributed by atoms with Crippen LogP contribution in [0.3, 0.4) is 0 Å². The van der Waals surface area contributed by atoms with Crippen molar-refractivity contribution >= 4 is 15.9 Å². The molecular formula is C16H19BrN2O2. The lowest BCUT2D eigenvalue weighted by Gasteiger charge is -2.22. The van der Waals surface area contributed by atoms with Crippen molar-refractivity contribution in [1.29, 1.82) is 0 Å². The summed E-state index contributed by atoms with van der Waals surface area (Å²) in [5, 5.41) is 4.37. The molecule has 0 spiro atoms. The van der Waals surface area contributed by atoms with Gasteiger partial charge in [0.25, 0.3) is 0 Å². The second kappa shape index (κ2) is 6.73. The third kappa shape index (κ3) is 3.54. The zero-order valence-corrected chi connectivity index (χ0v) is 13.7. The molecule has 0 bridgehead atoms. The molecule has 0 radical (unpaired) electrons. The van der Waals surface area contributed by atoms with Crippen molar-refractivity contribution < 1.29 is 9.47 Å². The van der Waals surface area contributed by atoms with Gasteiger partial charge in [0, 0.05) is 29.3 Å². The highest BCUT2D eigenvalue weighted by Crippen LogP contribution is 2.27. The molecule has 0 aliphatic carbocycles. The molecule has 3 rings (SSSR count). The Hall–Kier alpha value is -1.17. The molecule has 0 saturated carbocycles. The molecule has 1 atom stereocenters. The van der Waals surface area contributed by atoms with Crippen LogP contribution in [0.25, 0.3) is 11.3 Å². The molecule has 1 aliphatic heterocycles. The molecule has 0 amide bonds. The molecule has 2 aromatic rings. The Kier molecular flexibility index (Phi) is 4.73. The first kappa shape index (κ1) is 14.8. The summed E-state index contributed by atoms with van der Waals surface area (Å²) in [6.45, 7) is 1.33. The highest BCUT2D eigenvalue weighted by Gasteiger charge is 2.17. The van der Waals surface area contributed by atoms with Gasteiger partial charge in [-0.3, -0.25) is 4.68 Å². The van der Waals surface area contributed by atoms with Gasteiger partial charge in [-0.2, -0.15) is 5.10 Å². The SMILES string of the molecule is Cn1ncc(COC2CCCCO2)c1-c1cccc(Br)c1. The van der Waals surface area contributed by atoms with Crippen molar-refractivity contribution in [2.45, 2.75) is 32.2 Å². The largest absolute Gasteiger partial charge is 0.353 e. The van der Waals surface area contributed by atoms with Crippen LogP contribution in [0.1, 0.15) is 24.8 Å². The van der Waals surface area contributed by atoms with E-state index in [9.17, 15) is 0 Å². The lowest BCUT2D eigenvalue weighted by atomic mass is 10.1. The number of nitrogens with zero attached hydrogens (tertiary/aromatic N) is 2. The number of rotatable bonds is 4. The molecule has 5 heteroatoms. The smallest absolute Gasteiger partial charge is 0.158 e. The Labute approximate surface area is 133 Å². The van der Waals surface area contributed by atoms with E-state index >= 15 is 0 Å². The number of aryl methyl sites for hydroxylation is 1. The maximum absolute atomic E-state index is 5.89. The topological polar surface area (TPSA) is 36.3 Å². The average Bonchev–Trinajstić information content (AvgIpc) is 2.87. The Balaban J connectivity index is 1.77. The van der Waals surface area contributed by atoms with Crippen LogP contribution in [0.5, 0.6) is 0 Å². The molecule has 1 unspecified atom stereocenters. The summed E-state index contributed by atoms with van der Waals surface area (Å²) in [6, 6.07) is 8.23. The van der Waals surface area contributed by atoms with Crippen LogP contribution in [-0.2, 0) is 23.1 Å². The maximum atomic E-state index is 5.89. The Morgan fingerprint density at radius 3 is 3.10 bits per heavy atom. The summed E-state index contributed by atoms with van der Waals surface area (Å²) in [6.07, 6.45) is 5.09. The molecule has 1 aromatic carbocycles. The van der Waals surface area contributed by atoms with E-state index < -0.39 is 0 Å². The molecule has 4 nitrogen and oxygen atoms in total. The van der Waals surface area contributed by atoms with Crippen LogP contribution >= 0.6 is 15.9 Å². The second-order valence-corrected chi connectivity index (χ2v) is 6.18. The van der Waals surface area contributed by atoms with Crippen molar-refractivity contribution in [3.8, 4) is 11.3 Å². The number of aromatic nitrogens is 2. The monoisotopic (exact) mass is 350 g/mol. The second-order valence-electron chi connectivity index (χ2n) is 5.26. The van der Waals surface area contributed by atoms with E-state index in [0.29, 0.717) is 6.61 Å². The van der Waals surface area contributed by atoms with E-state index in [1.165, 1.54) is 6.42 Å². The van der Waals surface area contributed by atoms with E-state index in [2.05, 4.69) is 33.2 Å². The summed E-state index contributed by atoms with van der Waals surface area (Å²) < 4.78 is 14.5. The fraction of sp³-hybridized carbons (Fsp3) is 0.438. The van der Waals surface area contributed by atoms with Gasteiger partial charge < -0.3 is 9.47 Å². The standard InChI is InChI=1S/C16H19BrN2O2/c1-19-16(12-5-4-6-14(17)9-12)13(10-18-19)11-21-15-7-2-3-8-20-15/h4-6,9-10,15H,2-3,7-8,11H2,1H3. The fourth-order valence-electron chi connectivity index (χ4n) is 2.62. The summed E-state index contributed by atoms with van der Waals surface area (Å²) >= 11 is 3.52. The molecule has 1 aliphatic rings. The summed E-state index contributed by atoms with van der Waals surface area (Å²) in [4.78, 5) is 0. The molecular weight excluding hydrogens is 332 g/mol. The summed E-state index contributed by atoms with van der Waals surface area (Å²) in [7, 11) is 1.96. The highest BCUT2D eigenvalue weighted by atomic mass is 79.9.